The Labute approximate surface area is 135 Å². The lowest BCUT2D eigenvalue weighted by molar-refractivity contribution is -0.140. The van der Waals surface area contributed by atoms with Crippen LogP contribution in [0.3, 0.4) is 0 Å². The minimum Gasteiger partial charge on any atom is -0.481 e. The molecule has 4 nitrogen and oxygen atoms in total. The molecular formula is C17H14F3NO3. The number of alkyl halides is 3. The number of hydrogen-bond donors (Lipinski definition) is 2. The number of hydrogen-bond acceptors (Lipinski definition) is 2. The molecule has 0 spiro atoms. The van der Waals surface area contributed by atoms with Gasteiger partial charge in [0.05, 0.1) is 11.5 Å². The summed E-state index contributed by atoms with van der Waals surface area (Å²) in [6.07, 6.45) is -4.77. The molecule has 0 radical (unpaired) electrons. The van der Waals surface area contributed by atoms with Gasteiger partial charge in [-0.3, -0.25) is 9.59 Å². The number of anilines is 1. The number of carboxylic acids is 1. The SMILES string of the molecule is O=C(CC(C(=O)O)c1ccccc1)Nc1ccc(C(F)(F)F)cc1. The Morgan fingerprint density at radius 2 is 1.58 bits per heavy atom. The molecule has 7 heteroatoms. The summed E-state index contributed by atoms with van der Waals surface area (Å²) in [5.41, 5.74) is -0.175. The van der Waals surface area contributed by atoms with Crippen molar-refractivity contribution in [3.05, 3.63) is 65.7 Å². The lowest BCUT2D eigenvalue weighted by Crippen LogP contribution is -2.21. The average molecular weight is 337 g/mol. The highest BCUT2D eigenvalue weighted by Crippen LogP contribution is 2.30. The van der Waals surface area contributed by atoms with Crippen LogP contribution in [0, 0.1) is 0 Å². The molecule has 0 aliphatic carbocycles. The molecule has 2 N–H and O–H groups in total. The molecule has 0 aliphatic heterocycles. The largest absolute Gasteiger partial charge is 0.481 e. The number of halogens is 3. The summed E-state index contributed by atoms with van der Waals surface area (Å²) >= 11 is 0. The van der Waals surface area contributed by atoms with Crippen LogP contribution >= 0.6 is 0 Å². The van der Waals surface area contributed by atoms with Gasteiger partial charge in [-0.25, -0.2) is 0 Å². The molecule has 0 bridgehead atoms. The fourth-order valence-electron chi connectivity index (χ4n) is 2.17. The highest BCUT2D eigenvalue weighted by molar-refractivity contribution is 5.94. The van der Waals surface area contributed by atoms with Crippen LogP contribution in [0.2, 0.25) is 0 Å². The summed E-state index contributed by atoms with van der Waals surface area (Å²) in [5.74, 6) is -2.77. The predicted molar refractivity (Wildman–Crippen MR) is 81.5 cm³/mol. The van der Waals surface area contributed by atoms with Crippen molar-refractivity contribution in [2.45, 2.75) is 18.5 Å². The zero-order valence-electron chi connectivity index (χ0n) is 12.4. The van der Waals surface area contributed by atoms with Crippen LogP contribution < -0.4 is 5.32 Å². The van der Waals surface area contributed by atoms with Crippen molar-refractivity contribution in [1.29, 1.82) is 0 Å². The van der Waals surface area contributed by atoms with E-state index >= 15 is 0 Å². The van der Waals surface area contributed by atoms with Gasteiger partial charge >= 0.3 is 12.1 Å². The standard InChI is InChI=1S/C17H14F3NO3/c18-17(19,20)12-6-8-13(9-7-12)21-15(22)10-14(16(23)24)11-4-2-1-3-5-11/h1-9,14H,10H2,(H,21,22)(H,23,24). The molecule has 1 atom stereocenters. The van der Waals surface area contributed by atoms with E-state index < -0.39 is 29.5 Å². The zero-order chi connectivity index (χ0) is 17.7. The molecule has 0 heterocycles. The minimum absolute atomic E-state index is 0.171. The first-order chi connectivity index (χ1) is 11.3. The molecular weight excluding hydrogens is 323 g/mol. The highest BCUT2D eigenvalue weighted by Gasteiger charge is 2.30. The van der Waals surface area contributed by atoms with Crippen LogP contribution in [-0.2, 0) is 15.8 Å². The van der Waals surface area contributed by atoms with E-state index in [0.29, 0.717) is 5.56 Å². The van der Waals surface area contributed by atoms with Crippen molar-refractivity contribution in [2.75, 3.05) is 5.32 Å². The van der Waals surface area contributed by atoms with Gasteiger partial charge in [-0.2, -0.15) is 13.2 Å². The van der Waals surface area contributed by atoms with Gasteiger partial charge in [0.2, 0.25) is 5.91 Å². The summed E-state index contributed by atoms with van der Waals surface area (Å²) in [5, 5.41) is 11.7. The average Bonchev–Trinajstić information content (AvgIpc) is 2.53. The van der Waals surface area contributed by atoms with Crippen LogP contribution in [0.4, 0.5) is 18.9 Å². The molecule has 0 saturated carbocycles. The lowest BCUT2D eigenvalue weighted by Gasteiger charge is -2.13. The molecule has 0 aromatic heterocycles. The van der Waals surface area contributed by atoms with Gasteiger partial charge < -0.3 is 10.4 Å². The van der Waals surface area contributed by atoms with E-state index in [9.17, 15) is 27.9 Å². The fraction of sp³-hybridized carbons (Fsp3) is 0.176. The summed E-state index contributed by atoms with van der Waals surface area (Å²) in [6, 6.07) is 12.2. The number of carbonyl (C=O) groups is 2. The van der Waals surface area contributed by atoms with Crippen molar-refractivity contribution in [3.8, 4) is 0 Å². The number of rotatable bonds is 5. The molecule has 0 fully saturated rings. The summed E-state index contributed by atoms with van der Waals surface area (Å²) in [4.78, 5) is 23.3. The maximum absolute atomic E-state index is 12.5. The van der Waals surface area contributed by atoms with E-state index in [4.69, 9.17) is 0 Å². The molecule has 0 saturated heterocycles. The quantitative estimate of drug-likeness (QED) is 0.869. The Bertz CT molecular complexity index is 712. The molecule has 2 aromatic rings. The molecule has 126 valence electrons. The third-order valence-electron chi connectivity index (χ3n) is 3.39. The summed E-state index contributed by atoms with van der Waals surface area (Å²) in [6.45, 7) is 0. The van der Waals surface area contributed by atoms with E-state index in [-0.39, 0.29) is 12.1 Å². The Morgan fingerprint density at radius 3 is 2.08 bits per heavy atom. The molecule has 24 heavy (non-hydrogen) atoms. The minimum atomic E-state index is -4.45. The van der Waals surface area contributed by atoms with Crippen LogP contribution in [0.15, 0.2) is 54.6 Å². The maximum Gasteiger partial charge on any atom is 0.416 e. The number of aliphatic carboxylic acids is 1. The van der Waals surface area contributed by atoms with E-state index in [1.54, 1.807) is 30.3 Å². The van der Waals surface area contributed by atoms with Gasteiger partial charge in [-0.15, -0.1) is 0 Å². The number of benzene rings is 2. The van der Waals surface area contributed by atoms with Crippen molar-refractivity contribution in [3.63, 3.8) is 0 Å². The van der Waals surface area contributed by atoms with E-state index in [0.717, 1.165) is 24.3 Å². The lowest BCUT2D eigenvalue weighted by atomic mass is 9.95. The first-order valence-corrected chi connectivity index (χ1v) is 7.02. The van der Waals surface area contributed by atoms with Crippen LogP contribution in [0.5, 0.6) is 0 Å². The van der Waals surface area contributed by atoms with E-state index in [2.05, 4.69) is 5.32 Å². The normalized spacial score (nSPS) is 12.5. The number of carboxylic acid groups (broad SMARTS) is 1. The van der Waals surface area contributed by atoms with Gasteiger partial charge in [0.1, 0.15) is 0 Å². The molecule has 2 aromatic carbocycles. The molecule has 1 amide bonds. The third kappa shape index (κ3) is 4.58. The smallest absolute Gasteiger partial charge is 0.416 e. The third-order valence-corrected chi connectivity index (χ3v) is 3.39. The topological polar surface area (TPSA) is 66.4 Å². The van der Waals surface area contributed by atoms with Gasteiger partial charge in [0.25, 0.3) is 0 Å². The van der Waals surface area contributed by atoms with Gasteiger partial charge in [0.15, 0.2) is 0 Å². The first kappa shape index (κ1) is 17.5. The molecule has 1 unspecified atom stereocenters. The van der Waals surface area contributed by atoms with Gasteiger partial charge in [-0.05, 0) is 29.8 Å². The second kappa shape index (κ2) is 7.16. The fourth-order valence-corrected chi connectivity index (χ4v) is 2.17. The van der Waals surface area contributed by atoms with Gasteiger partial charge in [-0.1, -0.05) is 30.3 Å². The van der Waals surface area contributed by atoms with Crippen LogP contribution in [0.1, 0.15) is 23.5 Å². The number of nitrogens with one attached hydrogen (secondary N) is 1. The molecule has 2 rings (SSSR count). The van der Waals surface area contributed by atoms with Crippen molar-refractivity contribution in [2.24, 2.45) is 0 Å². The van der Waals surface area contributed by atoms with Gasteiger partial charge in [0, 0.05) is 12.1 Å². The summed E-state index contributed by atoms with van der Waals surface area (Å²) in [7, 11) is 0. The number of carbonyl (C=O) groups excluding carboxylic acids is 1. The molecule has 0 aliphatic rings. The zero-order valence-corrected chi connectivity index (χ0v) is 12.4. The van der Waals surface area contributed by atoms with Crippen molar-refractivity contribution in [1.82, 2.24) is 0 Å². The Balaban J connectivity index is 2.05. The summed E-state index contributed by atoms with van der Waals surface area (Å²) < 4.78 is 37.4. The maximum atomic E-state index is 12.5. The van der Waals surface area contributed by atoms with E-state index in [1.807, 2.05) is 0 Å². The Morgan fingerprint density at radius 1 is 1.00 bits per heavy atom. The Hall–Kier alpha value is -2.83. The van der Waals surface area contributed by atoms with Crippen molar-refractivity contribution >= 4 is 17.6 Å². The highest BCUT2D eigenvalue weighted by atomic mass is 19.4. The second-order valence-electron chi connectivity index (χ2n) is 5.13. The first-order valence-electron chi connectivity index (χ1n) is 7.02. The van der Waals surface area contributed by atoms with Crippen LogP contribution in [0.25, 0.3) is 0 Å². The Kier molecular flexibility index (Phi) is 5.23. The second-order valence-corrected chi connectivity index (χ2v) is 5.13. The van der Waals surface area contributed by atoms with Crippen LogP contribution in [-0.4, -0.2) is 17.0 Å². The predicted octanol–water partition coefficient (Wildman–Crippen LogP) is 3.90. The van der Waals surface area contributed by atoms with E-state index in [1.165, 1.54) is 0 Å². The number of amides is 1. The monoisotopic (exact) mass is 337 g/mol. The van der Waals surface area contributed by atoms with Crippen molar-refractivity contribution < 1.29 is 27.9 Å².